The van der Waals surface area contributed by atoms with Crippen molar-refractivity contribution in [2.24, 2.45) is 0 Å². The molecule has 0 saturated heterocycles. The first-order chi connectivity index (χ1) is 11.7. The molecule has 4 aromatic rings. The summed E-state index contributed by atoms with van der Waals surface area (Å²) in [6, 6.07) is 15.8. The molecule has 4 rings (SSSR count). The van der Waals surface area contributed by atoms with Crippen molar-refractivity contribution in [3.05, 3.63) is 65.4 Å². The van der Waals surface area contributed by atoms with Crippen LogP contribution in [0.25, 0.3) is 16.3 Å². The summed E-state index contributed by atoms with van der Waals surface area (Å²) in [5, 5.41) is 13.5. The van der Waals surface area contributed by atoms with Crippen LogP contribution in [-0.2, 0) is 0 Å². The summed E-state index contributed by atoms with van der Waals surface area (Å²) in [4.78, 5) is 0.646. The van der Waals surface area contributed by atoms with E-state index in [1.54, 1.807) is 16.6 Å². The van der Waals surface area contributed by atoms with E-state index < -0.39 is 0 Å². The second-order valence-corrected chi connectivity index (χ2v) is 6.23. The fourth-order valence-corrected chi connectivity index (χ4v) is 3.18. The van der Waals surface area contributed by atoms with Crippen molar-refractivity contribution in [2.75, 3.05) is 0 Å². The third-order valence-corrected chi connectivity index (χ3v) is 4.55. The highest BCUT2D eigenvalue weighted by Crippen LogP contribution is 2.27. The summed E-state index contributed by atoms with van der Waals surface area (Å²) in [6.45, 7) is 1.93. The Labute approximate surface area is 141 Å². The highest BCUT2D eigenvalue weighted by Gasteiger charge is 2.18. The van der Waals surface area contributed by atoms with E-state index >= 15 is 0 Å². The van der Waals surface area contributed by atoms with Crippen LogP contribution in [0.1, 0.15) is 18.0 Å². The minimum atomic E-state index is -0.319. The standard InChI is InChI=1S/C17H13FN4OS/c1-11(23-14-8-3-2-4-9-14)16-21-22-15(19-20-17(22)24-16)12-6-5-7-13(18)10-12/h2-11H,1H3/t11-/m0/s1. The van der Waals surface area contributed by atoms with Crippen LogP contribution in [0.2, 0.25) is 0 Å². The second kappa shape index (κ2) is 6.01. The van der Waals surface area contributed by atoms with Gasteiger partial charge in [-0.1, -0.05) is 41.7 Å². The highest BCUT2D eigenvalue weighted by molar-refractivity contribution is 7.16. The highest BCUT2D eigenvalue weighted by atomic mass is 32.1. The van der Waals surface area contributed by atoms with Crippen LogP contribution in [-0.4, -0.2) is 19.8 Å². The Morgan fingerprint density at radius 3 is 2.71 bits per heavy atom. The van der Waals surface area contributed by atoms with Gasteiger partial charge < -0.3 is 4.74 Å². The quantitative estimate of drug-likeness (QED) is 0.560. The van der Waals surface area contributed by atoms with Crippen LogP contribution < -0.4 is 4.74 Å². The Hall–Kier alpha value is -2.80. The predicted octanol–water partition coefficient (Wildman–Crippen LogP) is 4.13. The molecule has 0 spiro atoms. The molecule has 5 nitrogen and oxygen atoms in total. The van der Waals surface area contributed by atoms with Crippen LogP contribution >= 0.6 is 11.3 Å². The van der Waals surface area contributed by atoms with Gasteiger partial charge in [0.15, 0.2) is 10.8 Å². The lowest BCUT2D eigenvalue weighted by Crippen LogP contribution is -2.03. The maximum absolute atomic E-state index is 13.4. The normalized spacial score (nSPS) is 12.4. The second-order valence-electron chi connectivity index (χ2n) is 5.24. The first kappa shape index (κ1) is 14.8. The van der Waals surface area contributed by atoms with Crippen LogP contribution in [0.15, 0.2) is 54.6 Å². The van der Waals surface area contributed by atoms with Crippen LogP contribution in [0.4, 0.5) is 4.39 Å². The summed E-state index contributed by atoms with van der Waals surface area (Å²) < 4.78 is 21.0. The number of fused-ring (bicyclic) bond motifs is 1. The van der Waals surface area contributed by atoms with E-state index in [0.717, 1.165) is 10.8 Å². The summed E-state index contributed by atoms with van der Waals surface area (Å²) in [5.41, 5.74) is 0.635. The van der Waals surface area contributed by atoms with Crippen LogP contribution in [0.5, 0.6) is 5.75 Å². The molecule has 2 aromatic heterocycles. The third-order valence-electron chi connectivity index (χ3n) is 3.49. The maximum atomic E-state index is 13.4. The van der Waals surface area contributed by atoms with Gasteiger partial charge in [0.25, 0.3) is 0 Å². The number of ether oxygens (including phenoxy) is 1. The van der Waals surface area contributed by atoms with E-state index in [1.807, 2.05) is 37.3 Å². The number of nitrogens with zero attached hydrogens (tertiary/aromatic N) is 4. The Balaban J connectivity index is 1.67. The van der Waals surface area contributed by atoms with Gasteiger partial charge in [-0.25, -0.2) is 4.39 Å². The SMILES string of the molecule is C[C@H](Oc1ccccc1)c1nn2c(-c3cccc(F)c3)nnc2s1. The van der Waals surface area contributed by atoms with Crippen LogP contribution in [0, 0.1) is 5.82 Å². The number of hydrogen-bond donors (Lipinski definition) is 0. The zero-order valence-electron chi connectivity index (χ0n) is 12.8. The summed E-state index contributed by atoms with van der Waals surface area (Å²) >= 11 is 1.40. The number of hydrogen-bond acceptors (Lipinski definition) is 5. The lowest BCUT2D eigenvalue weighted by molar-refractivity contribution is 0.225. The first-order valence-electron chi connectivity index (χ1n) is 7.40. The van der Waals surface area contributed by atoms with Gasteiger partial charge in [0.05, 0.1) is 0 Å². The van der Waals surface area contributed by atoms with E-state index in [4.69, 9.17) is 4.74 Å². The molecule has 0 radical (unpaired) electrons. The summed E-state index contributed by atoms with van der Waals surface area (Å²) in [7, 11) is 0. The molecule has 1 atom stereocenters. The fraction of sp³-hybridized carbons (Fsp3) is 0.118. The van der Waals surface area contributed by atoms with Crippen molar-refractivity contribution in [3.63, 3.8) is 0 Å². The van der Waals surface area contributed by atoms with Crippen molar-refractivity contribution < 1.29 is 9.13 Å². The zero-order valence-corrected chi connectivity index (χ0v) is 13.6. The molecule has 0 aliphatic heterocycles. The van der Waals surface area contributed by atoms with E-state index in [-0.39, 0.29) is 11.9 Å². The van der Waals surface area contributed by atoms with Gasteiger partial charge in [-0.2, -0.15) is 9.61 Å². The van der Waals surface area contributed by atoms with Gasteiger partial charge in [-0.3, -0.25) is 0 Å². The lowest BCUT2D eigenvalue weighted by atomic mass is 10.2. The third kappa shape index (κ3) is 2.74. The smallest absolute Gasteiger partial charge is 0.235 e. The molecule has 0 unspecified atom stereocenters. The number of halogens is 1. The Bertz CT molecular complexity index is 983. The first-order valence-corrected chi connectivity index (χ1v) is 8.22. The molecular weight excluding hydrogens is 327 g/mol. The number of para-hydroxylation sites is 1. The molecule has 0 amide bonds. The van der Waals surface area contributed by atoms with Gasteiger partial charge in [0, 0.05) is 5.56 Å². The predicted molar refractivity (Wildman–Crippen MR) is 89.5 cm³/mol. The average Bonchev–Trinajstić information content (AvgIpc) is 3.16. The number of rotatable bonds is 4. The van der Waals surface area contributed by atoms with E-state index in [0.29, 0.717) is 16.3 Å². The van der Waals surface area contributed by atoms with Crippen molar-refractivity contribution in [2.45, 2.75) is 13.0 Å². The number of aromatic nitrogens is 4. The molecule has 24 heavy (non-hydrogen) atoms. The van der Waals surface area contributed by atoms with Crippen molar-refractivity contribution >= 4 is 16.3 Å². The van der Waals surface area contributed by atoms with Crippen molar-refractivity contribution in [1.29, 1.82) is 0 Å². The summed E-state index contributed by atoms with van der Waals surface area (Å²) in [5.74, 6) is 0.973. The molecule has 120 valence electrons. The minimum Gasteiger partial charge on any atom is -0.483 e. The van der Waals surface area contributed by atoms with Gasteiger partial charge in [-0.05, 0) is 31.2 Å². The molecule has 7 heteroatoms. The van der Waals surface area contributed by atoms with Gasteiger partial charge in [-0.15, -0.1) is 10.2 Å². The molecule has 0 aliphatic rings. The topological polar surface area (TPSA) is 52.3 Å². The van der Waals surface area contributed by atoms with Gasteiger partial charge in [0.1, 0.15) is 17.7 Å². The monoisotopic (exact) mass is 340 g/mol. The fourth-order valence-electron chi connectivity index (χ4n) is 2.36. The van der Waals surface area contributed by atoms with Crippen molar-refractivity contribution in [3.8, 4) is 17.1 Å². The molecule has 0 saturated carbocycles. The molecule has 0 bridgehead atoms. The van der Waals surface area contributed by atoms with E-state index in [1.165, 1.54) is 23.5 Å². The average molecular weight is 340 g/mol. The zero-order chi connectivity index (χ0) is 16.5. The summed E-state index contributed by atoms with van der Waals surface area (Å²) in [6.07, 6.45) is -0.223. The molecule has 0 aliphatic carbocycles. The molecule has 0 N–H and O–H groups in total. The molecule has 2 heterocycles. The van der Waals surface area contributed by atoms with Crippen LogP contribution in [0.3, 0.4) is 0 Å². The molecule has 0 fully saturated rings. The maximum Gasteiger partial charge on any atom is 0.235 e. The van der Waals surface area contributed by atoms with E-state index in [9.17, 15) is 4.39 Å². The van der Waals surface area contributed by atoms with Crippen molar-refractivity contribution in [1.82, 2.24) is 19.8 Å². The Kier molecular flexibility index (Phi) is 3.70. The van der Waals surface area contributed by atoms with Gasteiger partial charge in [0.2, 0.25) is 4.96 Å². The van der Waals surface area contributed by atoms with Gasteiger partial charge >= 0.3 is 0 Å². The lowest BCUT2D eigenvalue weighted by Gasteiger charge is -2.11. The Morgan fingerprint density at radius 1 is 1.08 bits per heavy atom. The number of benzene rings is 2. The molecule has 2 aromatic carbocycles. The Morgan fingerprint density at radius 2 is 1.92 bits per heavy atom. The minimum absolute atomic E-state index is 0.223. The molecular formula is C17H13FN4OS. The van der Waals surface area contributed by atoms with E-state index in [2.05, 4.69) is 15.3 Å². The largest absolute Gasteiger partial charge is 0.483 e.